The van der Waals surface area contributed by atoms with Crippen LogP contribution in [0.15, 0.2) is 0 Å². The molecule has 0 radical (unpaired) electrons. The van der Waals surface area contributed by atoms with E-state index in [4.69, 9.17) is 8.92 Å². The van der Waals surface area contributed by atoms with Crippen molar-refractivity contribution in [2.45, 2.75) is 0 Å². The Kier molecular flexibility index (Phi) is 112. The molecule has 0 unspecified atom stereocenters. The van der Waals surface area contributed by atoms with Crippen molar-refractivity contribution in [3.63, 3.8) is 0 Å². The van der Waals surface area contributed by atoms with Crippen LogP contribution in [0, 0.1) is 0 Å². The summed E-state index contributed by atoms with van der Waals surface area (Å²) in [6, 6.07) is 0. The van der Waals surface area contributed by atoms with E-state index in [0.717, 1.165) is 0 Å². The van der Waals surface area contributed by atoms with Gasteiger partial charge in [0.25, 0.3) is 0 Å². The van der Waals surface area contributed by atoms with Gasteiger partial charge in [-0.1, -0.05) is 0 Å². The molecule has 0 aromatic carbocycles. The molecule has 11 heteroatoms. The predicted octanol–water partition coefficient (Wildman–Crippen LogP) is -7.68. The van der Waals surface area contributed by atoms with Gasteiger partial charge in [0.05, 0.1) is 0 Å². The third-order valence-electron chi connectivity index (χ3n) is 0.111. The van der Waals surface area contributed by atoms with Gasteiger partial charge in [0.15, 0.2) is 0 Å². The minimum atomic E-state index is -1.42. The van der Waals surface area contributed by atoms with E-state index in [1.165, 1.54) is 0 Å². The Balaban J connectivity index is -0.0000000183. The summed E-state index contributed by atoms with van der Waals surface area (Å²) in [5.41, 5.74) is 0. The van der Waals surface area contributed by atoms with Crippen molar-refractivity contribution in [1.29, 1.82) is 0 Å². The van der Waals surface area contributed by atoms with Crippen molar-refractivity contribution in [2.24, 2.45) is 0 Å². The first-order chi connectivity index (χ1) is 3.83. The van der Waals surface area contributed by atoms with Gasteiger partial charge in [0.1, 0.15) is 0 Å². The summed E-state index contributed by atoms with van der Waals surface area (Å²) < 4.78 is 39.1. The van der Waals surface area contributed by atoms with Gasteiger partial charge >= 0.3 is 70.2 Å². The van der Waals surface area contributed by atoms with Crippen molar-refractivity contribution in [3.8, 4) is 0 Å². The molecule has 56 valence electrons. The second kappa shape index (κ2) is 42.0. The van der Waals surface area contributed by atoms with Gasteiger partial charge in [-0.3, -0.25) is 8.92 Å². The summed E-state index contributed by atoms with van der Waals surface area (Å²) in [6.07, 6.45) is 0. The molecule has 0 rings (SSSR count). The average Bonchev–Trinajstić information content (AvgIpc) is 1.71. The van der Waals surface area contributed by atoms with Crippen LogP contribution >= 0.6 is 0 Å². The van der Waals surface area contributed by atoms with Gasteiger partial charge in [0.2, 0.25) is 0 Å². The zero-order chi connectivity index (χ0) is 6.83. The number of rotatable bonds is 2. The molecule has 0 bridgehead atoms. The van der Waals surface area contributed by atoms with Crippen LogP contribution in [-0.2, 0) is 38.8 Å². The van der Waals surface area contributed by atoms with E-state index in [1.54, 1.807) is 0 Å². The van der Waals surface area contributed by atoms with E-state index in [2.05, 4.69) is 2.84 Å². The summed E-state index contributed by atoms with van der Waals surface area (Å²) in [4.78, 5) is 0. The quantitative estimate of drug-likeness (QED) is 0.473. The Morgan fingerprint density at radius 3 is 1.18 bits per heavy atom. The number of hydrogen-bond donors (Lipinski definition) is 0. The van der Waals surface area contributed by atoms with E-state index in [-0.39, 0.29) is 44.3 Å². The van der Waals surface area contributed by atoms with Crippen LogP contribution in [0.2, 0.25) is 0 Å². The van der Waals surface area contributed by atoms with E-state index >= 15 is 0 Å². The summed E-state index contributed by atoms with van der Waals surface area (Å²) in [5.74, 6) is 0. The standard InChI is InChI=1S/2Al.2ClH.O2Si.3O.Zn/c;;;;1-3-2;;;;/h;;2*1H;;;;;/q;;;;;;;;+2/p-2. The van der Waals surface area contributed by atoms with Crippen LogP contribution in [-0.4, -0.2) is 40.3 Å². The van der Waals surface area contributed by atoms with Crippen LogP contribution in [0.1, 0.15) is 0 Å². The molecule has 0 heterocycles. The Bertz CT molecular complexity index is 98.7. The van der Waals surface area contributed by atoms with E-state index in [1.807, 2.05) is 0 Å². The second-order valence-electron chi connectivity index (χ2n) is 0.412. The molecule has 0 aromatic heterocycles. The molecule has 0 N–H and O–H groups in total. The van der Waals surface area contributed by atoms with Crippen molar-refractivity contribution in [1.82, 2.24) is 0 Å². The molecule has 0 aliphatic carbocycles. The van der Waals surface area contributed by atoms with Gasteiger partial charge in [-0.2, -0.15) is 0 Å². The van der Waals surface area contributed by atoms with Crippen LogP contribution < -0.4 is 24.8 Å². The van der Waals surface area contributed by atoms with E-state index < -0.39 is 40.3 Å². The zero-order valence-electron chi connectivity index (χ0n) is 5.16. The maximum Gasteiger partial charge on any atom is 2.00 e. The second-order valence-corrected chi connectivity index (χ2v) is 2.05. The zero-order valence-corrected chi connectivity index (χ0v) is 12.9. The average molecular weight is 298 g/mol. The normalized spacial score (nSPS) is 2.55. The molecule has 0 saturated heterocycles. The van der Waals surface area contributed by atoms with Crippen LogP contribution in [0.5, 0.6) is 0 Å². The van der Waals surface area contributed by atoms with Crippen LogP contribution in [0.4, 0.5) is 0 Å². The summed E-state index contributed by atoms with van der Waals surface area (Å²) in [7, 11) is -1.42. The maximum absolute atomic E-state index is 9.21. The molecular formula is Al2Cl2O5SiZn. The van der Waals surface area contributed by atoms with E-state index in [0.29, 0.717) is 0 Å². The fraction of sp³-hybridized carbons (Fsp3) is 0. The topological polar surface area (TPSA) is 77.5 Å². The molecule has 11 heavy (non-hydrogen) atoms. The van der Waals surface area contributed by atoms with Crippen molar-refractivity contribution in [2.75, 3.05) is 0 Å². The Hall–Kier alpha value is 1.49. The summed E-state index contributed by atoms with van der Waals surface area (Å²) in [5, 5.41) is 0. The van der Waals surface area contributed by atoms with Crippen molar-refractivity contribution >= 4 is 40.3 Å². The Labute approximate surface area is 103 Å². The molecule has 0 aliphatic heterocycles. The van der Waals surface area contributed by atoms with E-state index in [9.17, 15) is 7.61 Å². The first kappa shape index (κ1) is 29.4. The number of hydrogen-bond acceptors (Lipinski definition) is 5. The van der Waals surface area contributed by atoms with Gasteiger partial charge in [0, 0.05) is 0 Å². The molecule has 0 fully saturated rings. The largest absolute Gasteiger partial charge is 2.00 e. The first-order valence-corrected chi connectivity index (χ1v) is 4.05. The molecule has 0 spiro atoms. The third-order valence-corrected chi connectivity index (χ3v) is 1.00. The van der Waals surface area contributed by atoms with Crippen LogP contribution in [0.3, 0.4) is 0 Å². The van der Waals surface area contributed by atoms with Crippen molar-refractivity contribution in [3.05, 3.63) is 0 Å². The van der Waals surface area contributed by atoms with Gasteiger partial charge < -0.3 is 24.8 Å². The fourth-order valence-corrected chi connectivity index (χ4v) is 0.204. The monoisotopic (exact) mass is 296 g/mol. The first-order valence-electron chi connectivity index (χ1n) is 1.35. The number of halogens is 2. The SMILES string of the molecule is O=[Si]=O.[Cl-].[Cl-].[O]=[Al][O][Al]=[O].[Zn+2]. The predicted molar refractivity (Wildman–Crippen MR) is 21.1 cm³/mol. The molecule has 0 atom stereocenters. The molecule has 0 amide bonds. The minimum absolute atomic E-state index is 0. The minimum Gasteiger partial charge on any atom is 2.00 e. The molecule has 5 nitrogen and oxygen atoms in total. The molecular weight excluding hydrogens is 298 g/mol. The van der Waals surface area contributed by atoms with Gasteiger partial charge in [-0.25, -0.2) is 0 Å². The smallest absolute Gasteiger partial charge is 2.00 e. The van der Waals surface area contributed by atoms with Gasteiger partial charge in [-0.05, 0) is 0 Å². The fourth-order valence-electron chi connectivity index (χ4n) is 0.0227. The molecule has 0 aromatic rings. The third kappa shape index (κ3) is 85.1. The van der Waals surface area contributed by atoms with Crippen molar-refractivity contribution < 1.29 is 63.7 Å². The maximum atomic E-state index is 9.21. The molecule has 0 aliphatic rings. The Morgan fingerprint density at radius 2 is 1.18 bits per heavy atom. The summed E-state index contributed by atoms with van der Waals surface area (Å²) in [6.45, 7) is 0. The summed E-state index contributed by atoms with van der Waals surface area (Å²) >= 11 is -2.48. The van der Waals surface area contributed by atoms with Crippen LogP contribution in [0.25, 0.3) is 0 Å². The molecule has 0 saturated carbocycles. The Morgan fingerprint density at radius 1 is 1.00 bits per heavy atom. The van der Waals surface area contributed by atoms with Gasteiger partial charge in [-0.15, -0.1) is 0 Å².